The van der Waals surface area contributed by atoms with Gasteiger partial charge in [0.1, 0.15) is 5.82 Å². The second-order valence-electron chi connectivity index (χ2n) is 3.78. The van der Waals surface area contributed by atoms with Crippen LogP contribution in [0.5, 0.6) is 0 Å². The number of halogens is 1. The predicted molar refractivity (Wildman–Crippen MR) is 67.2 cm³/mol. The van der Waals surface area contributed by atoms with Crippen molar-refractivity contribution in [2.24, 2.45) is 4.99 Å². The van der Waals surface area contributed by atoms with E-state index in [-0.39, 0.29) is 5.82 Å². The molecular formula is C12H15FN2S. The maximum Gasteiger partial charge on any atom is 0.157 e. The van der Waals surface area contributed by atoms with Gasteiger partial charge in [-0.25, -0.2) is 4.39 Å². The first-order valence-corrected chi connectivity index (χ1v) is 6.35. The van der Waals surface area contributed by atoms with Gasteiger partial charge in [-0.1, -0.05) is 30.8 Å². The number of thioether (sulfide) groups is 1. The monoisotopic (exact) mass is 238 g/mol. The molecule has 0 fully saturated rings. The quantitative estimate of drug-likeness (QED) is 0.875. The molecule has 0 saturated carbocycles. The van der Waals surface area contributed by atoms with Gasteiger partial charge in [0.05, 0.1) is 6.54 Å². The molecular weight excluding hydrogens is 223 g/mol. The third-order valence-electron chi connectivity index (χ3n) is 2.50. The van der Waals surface area contributed by atoms with Crippen LogP contribution in [-0.4, -0.2) is 17.0 Å². The average molecular weight is 238 g/mol. The lowest BCUT2D eigenvalue weighted by atomic mass is 10.2. The Morgan fingerprint density at radius 1 is 1.56 bits per heavy atom. The van der Waals surface area contributed by atoms with Crippen LogP contribution >= 0.6 is 11.8 Å². The predicted octanol–water partition coefficient (Wildman–Crippen LogP) is 2.80. The van der Waals surface area contributed by atoms with E-state index in [4.69, 9.17) is 0 Å². The zero-order valence-corrected chi connectivity index (χ0v) is 10.1. The largest absolute Gasteiger partial charge is 0.361 e. The van der Waals surface area contributed by atoms with E-state index >= 15 is 0 Å². The number of rotatable bonds is 3. The summed E-state index contributed by atoms with van der Waals surface area (Å²) >= 11 is 1.78. The number of benzene rings is 1. The van der Waals surface area contributed by atoms with Gasteiger partial charge in [-0.2, -0.15) is 0 Å². The lowest BCUT2D eigenvalue weighted by Crippen LogP contribution is -2.18. The Morgan fingerprint density at radius 2 is 2.44 bits per heavy atom. The van der Waals surface area contributed by atoms with E-state index in [1.807, 2.05) is 6.07 Å². The second-order valence-corrected chi connectivity index (χ2v) is 5.07. The average Bonchev–Trinajstić information content (AvgIpc) is 2.74. The first kappa shape index (κ1) is 11.5. The standard InChI is InChI=1S/C12H15FN2S/c1-2-11-8-15-12(16-11)14-7-9-4-3-5-10(13)6-9/h3-6,11H,2,7-8H2,1H3,(H,14,15). The van der Waals surface area contributed by atoms with Crippen LogP contribution < -0.4 is 5.32 Å². The maximum absolute atomic E-state index is 12.9. The molecule has 0 radical (unpaired) electrons. The van der Waals surface area contributed by atoms with Crippen molar-refractivity contribution < 1.29 is 4.39 Å². The highest BCUT2D eigenvalue weighted by Gasteiger charge is 2.16. The van der Waals surface area contributed by atoms with E-state index < -0.39 is 0 Å². The number of nitrogens with zero attached hydrogens (tertiary/aromatic N) is 1. The van der Waals surface area contributed by atoms with E-state index in [0.29, 0.717) is 11.8 Å². The molecule has 0 amide bonds. The summed E-state index contributed by atoms with van der Waals surface area (Å²) in [6.07, 6.45) is 1.14. The molecule has 1 atom stereocenters. The fraction of sp³-hybridized carbons (Fsp3) is 0.417. The highest BCUT2D eigenvalue weighted by Crippen LogP contribution is 2.22. The molecule has 1 aromatic carbocycles. The number of amidine groups is 1. The summed E-state index contributed by atoms with van der Waals surface area (Å²) in [4.78, 5) is 4.40. The van der Waals surface area contributed by atoms with Crippen LogP contribution in [0.4, 0.5) is 4.39 Å². The lowest BCUT2D eigenvalue weighted by Gasteiger charge is -2.07. The fourth-order valence-electron chi connectivity index (χ4n) is 1.55. The summed E-state index contributed by atoms with van der Waals surface area (Å²) < 4.78 is 12.9. The minimum absolute atomic E-state index is 0.188. The molecule has 1 unspecified atom stereocenters. The molecule has 4 heteroatoms. The van der Waals surface area contributed by atoms with Crippen molar-refractivity contribution in [1.82, 2.24) is 5.32 Å². The summed E-state index contributed by atoms with van der Waals surface area (Å²) in [5, 5.41) is 4.82. The number of nitrogens with one attached hydrogen (secondary N) is 1. The Morgan fingerprint density at radius 3 is 3.12 bits per heavy atom. The summed E-state index contributed by atoms with van der Waals surface area (Å²) in [6, 6.07) is 6.64. The molecule has 86 valence electrons. The van der Waals surface area contributed by atoms with E-state index in [1.165, 1.54) is 6.07 Å². The molecule has 1 N–H and O–H groups in total. The Hall–Kier alpha value is -1.03. The molecule has 0 saturated heterocycles. The van der Waals surface area contributed by atoms with Crippen molar-refractivity contribution in [1.29, 1.82) is 0 Å². The molecule has 2 nitrogen and oxygen atoms in total. The Labute approximate surface area is 99.3 Å². The molecule has 1 heterocycles. The van der Waals surface area contributed by atoms with Crippen molar-refractivity contribution in [2.45, 2.75) is 25.1 Å². The van der Waals surface area contributed by atoms with Crippen molar-refractivity contribution >= 4 is 16.9 Å². The molecule has 0 bridgehead atoms. The minimum Gasteiger partial charge on any atom is -0.361 e. The zero-order valence-electron chi connectivity index (χ0n) is 9.24. The van der Waals surface area contributed by atoms with Crippen molar-refractivity contribution in [3.05, 3.63) is 35.6 Å². The highest BCUT2D eigenvalue weighted by atomic mass is 32.2. The molecule has 0 aromatic heterocycles. The van der Waals surface area contributed by atoms with Gasteiger partial charge in [0.15, 0.2) is 5.17 Å². The topological polar surface area (TPSA) is 24.4 Å². The summed E-state index contributed by atoms with van der Waals surface area (Å²) in [7, 11) is 0. The zero-order chi connectivity index (χ0) is 11.4. The second kappa shape index (κ2) is 5.34. The molecule has 16 heavy (non-hydrogen) atoms. The van der Waals surface area contributed by atoms with Gasteiger partial charge in [-0.15, -0.1) is 0 Å². The van der Waals surface area contributed by atoms with Gasteiger partial charge in [0.2, 0.25) is 0 Å². The molecule has 1 aliphatic rings. The van der Waals surface area contributed by atoms with E-state index in [2.05, 4.69) is 17.2 Å². The van der Waals surface area contributed by atoms with Crippen LogP contribution in [0.3, 0.4) is 0 Å². The van der Waals surface area contributed by atoms with Gasteiger partial charge in [-0.3, -0.25) is 4.99 Å². The fourth-order valence-corrected chi connectivity index (χ4v) is 2.49. The summed E-state index contributed by atoms with van der Waals surface area (Å²) in [6.45, 7) is 3.70. The number of hydrogen-bond acceptors (Lipinski definition) is 3. The molecule has 0 spiro atoms. The van der Waals surface area contributed by atoms with Crippen molar-refractivity contribution in [2.75, 3.05) is 6.54 Å². The summed E-state index contributed by atoms with van der Waals surface area (Å²) in [5.74, 6) is -0.188. The third-order valence-corrected chi connectivity index (χ3v) is 3.82. The van der Waals surface area contributed by atoms with Crippen LogP contribution in [0.15, 0.2) is 29.3 Å². The maximum atomic E-state index is 12.9. The van der Waals surface area contributed by atoms with Crippen LogP contribution in [-0.2, 0) is 6.54 Å². The van der Waals surface area contributed by atoms with Gasteiger partial charge in [0.25, 0.3) is 0 Å². The SMILES string of the molecule is CCC1CN=C(NCc2cccc(F)c2)S1. The Kier molecular flexibility index (Phi) is 3.83. The number of hydrogen-bond donors (Lipinski definition) is 1. The van der Waals surface area contributed by atoms with Gasteiger partial charge >= 0.3 is 0 Å². The normalized spacial score (nSPS) is 19.6. The Bertz CT molecular complexity index is 392. The van der Waals surface area contributed by atoms with Crippen LogP contribution in [0, 0.1) is 5.82 Å². The first-order valence-electron chi connectivity index (χ1n) is 5.47. The minimum atomic E-state index is -0.188. The van der Waals surface area contributed by atoms with Gasteiger partial charge in [0, 0.05) is 11.8 Å². The first-order chi connectivity index (χ1) is 7.78. The third kappa shape index (κ3) is 2.98. The molecule has 0 aliphatic carbocycles. The van der Waals surface area contributed by atoms with Crippen molar-refractivity contribution in [3.63, 3.8) is 0 Å². The van der Waals surface area contributed by atoms with Crippen LogP contribution in [0.2, 0.25) is 0 Å². The summed E-state index contributed by atoms with van der Waals surface area (Å²) in [5.41, 5.74) is 0.947. The van der Waals surface area contributed by atoms with Crippen LogP contribution in [0.1, 0.15) is 18.9 Å². The van der Waals surface area contributed by atoms with E-state index in [0.717, 1.165) is 23.7 Å². The van der Waals surface area contributed by atoms with Gasteiger partial charge < -0.3 is 5.32 Å². The molecule has 1 aliphatic heterocycles. The van der Waals surface area contributed by atoms with Gasteiger partial charge in [-0.05, 0) is 24.1 Å². The molecule has 2 rings (SSSR count). The molecule has 1 aromatic rings. The smallest absolute Gasteiger partial charge is 0.157 e. The Balaban J connectivity index is 1.84. The van der Waals surface area contributed by atoms with Crippen LogP contribution in [0.25, 0.3) is 0 Å². The lowest BCUT2D eigenvalue weighted by molar-refractivity contribution is 0.625. The van der Waals surface area contributed by atoms with Crippen molar-refractivity contribution in [3.8, 4) is 0 Å². The number of aliphatic imine (C=N–C) groups is 1. The highest BCUT2D eigenvalue weighted by molar-refractivity contribution is 8.14. The van der Waals surface area contributed by atoms with E-state index in [9.17, 15) is 4.39 Å². The van der Waals surface area contributed by atoms with E-state index in [1.54, 1.807) is 23.9 Å².